The Morgan fingerprint density at radius 1 is 1.17 bits per heavy atom. The van der Waals surface area contributed by atoms with Crippen LogP contribution < -0.4 is 5.32 Å². The van der Waals surface area contributed by atoms with E-state index in [-0.39, 0.29) is 30.5 Å². The SMILES string of the molecule is O=C(CCN1C(=O)C(=CC=Cc2ccccc2)SC1=S)Nc1ccc([N+](=O)[O-])cc1. The fourth-order valence-electron chi connectivity index (χ4n) is 2.62. The zero-order valence-corrected chi connectivity index (χ0v) is 17.3. The number of rotatable bonds is 7. The number of hydrogen-bond acceptors (Lipinski definition) is 6. The summed E-state index contributed by atoms with van der Waals surface area (Å²) in [5.74, 6) is -0.545. The average molecular weight is 440 g/mol. The Hall–Kier alpha value is -3.30. The number of anilines is 1. The highest BCUT2D eigenvalue weighted by atomic mass is 32.2. The van der Waals surface area contributed by atoms with E-state index >= 15 is 0 Å². The van der Waals surface area contributed by atoms with Crippen molar-refractivity contribution in [3.63, 3.8) is 0 Å². The van der Waals surface area contributed by atoms with Gasteiger partial charge in [0.15, 0.2) is 0 Å². The monoisotopic (exact) mass is 439 g/mol. The van der Waals surface area contributed by atoms with Crippen molar-refractivity contribution in [2.24, 2.45) is 0 Å². The maximum atomic E-state index is 12.6. The Kier molecular flexibility index (Phi) is 7.10. The van der Waals surface area contributed by atoms with Crippen molar-refractivity contribution < 1.29 is 14.5 Å². The zero-order chi connectivity index (χ0) is 21.5. The Morgan fingerprint density at radius 3 is 2.53 bits per heavy atom. The number of nitrogens with zero attached hydrogens (tertiary/aromatic N) is 2. The van der Waals surface area contributed by atoms with Crippen LogP contribution >= 0.6 is 24.0 Å². The lowest BCUT2D eigenvalue weighted by Crippen LogP contribution is -2.31. The lowest BCUT2D eigenvalue weighted by Gasteiger charge is -2.14. The number of amides is 2. The molecule has 1 fully saturated rings. The highest BCUT2D eigenvalue weighted by molar-refractivity contribution is 8.26. The van der Waals surface area contributed by atoms with Gasteiger partial charge in [0.05, 0.1) is 9.83 Å². The number of nitrogens with one attached hydrogen (secondary N) is 1. The molecule has 1 aliphatic heterocycles. The third kappa shape index (κ3) is 5.62. The van der Waals surface area contributed by atoms with Crippen LogP contribution in [0.3, 0.4) is 0 Å². The van der Waals surface area contributed by atoms with Crippen LogP contribution in [0.2, 0.25) is 0 Å². The van der Waals surface area contributed by atoms with E-state index in [1.807, 2.05) is 36.4 Å². The first-order valence-electron chi connectivity index (χ1n) is 8.95. The molecule has 30 heavy (non-hydrogen) atoms. The van der Waals surface area contributed by atoms with Crippen molar-refractivity contribution >= 4 is 57.6 Å². The molecule has 0 radical (unpaired) electrons. The summed E-state index contributed by atoms with van der Waals surface area (Å²) in [6, 6.07) is 15.2. The van der Waals surface area contributed by atoms with Crippen molar-refractivity contribution in [2.45, 2.75) is 6.42 Å². The molecule has 0 atom stereocenters. The molecule has 1 aliphatic rings. The Bertz CT molecular complexity index is 1030. The first-order valence-corrected chi connectivity index (χ1v) is 10.2. The lowest BCUT2D eigenvalue weighted by molar-refractivity contribution is -0.384. The summed E-state index contributed by atoms with van der Waals surface area (Å²) in [5.41, 5.74) is 1.41. The van der Waals surface area contributed by atoms with Crippen LogP contribution in [-0.2, 0) is 9.59 Å². The second kappa shape index (κ2) is 9.95. The third-order valence-electron chi connectivity index (χ3n) is 4.13. The molecule has 0 spiro atoms. The van der Waals surface area contributed by atoms with Gasteiger partial charge in [-0.3, -0.25) is 24.6 Å². The molecule has 0 unspecified atom stereocenters. The molecular weight excluding hydrogens is 422 g/mol. The average Bonchev–Trinajstić information content (AvgIpc) is 3.00. The van der Waals surface area contributed by atoms with Crippen LogP contribution in [-0.4, -0.2) is 32.5 Å². The molecular formula is C21H17N3O4S2. The summed E-state index contributed by atoms with van der Waals surface area (Å²) in [5, 5.41) is 13.3. The molecule has 9 heteroatoms. The van der Waals surface area contributed by atoms with Gasteiger partial charge < -0.3 is 5.32 Å². The molecule has 2 aromatic carbocycles. The lowest BCUT2D eigenvalue weighted by atomic mass is 10.2. The zero-order valence-electron chi connectivity index (χ0n) is 15.7. The van der Waals surface area contributed by atoms with Gasteiger partial charge in [0.2, 0.25) is 5.91 Å². The highest BCUT2D eigenvalue weighted by Gasteiger charge is 2.31. The van der Waals surface area contributed by atoms with Gasteiger partial charge in [0.1, 0.15) is 4.32 Å². The van der Waals surface area contributed by atoms with Crippen LogP contribution in [0.25, 0.3) is 6.08 Å². The topological polar surface area (TPSA) is 92.6 Å². The number of thioether (sulfide) groups is 1. The summed E-state index contributed by atoms with van der Waals surface area (Å²) < 4.78 is 0.405. The number of hydrogen-bond donors (Lipinski definition) is 1. The van der Waals surface area contributed by atoms with Crippen molar-refractivity contribution in [1.29, 1.82) is 0 Å². The molecule has 3 rings (SSSR count). The van der Waals surface area contributed by atoms with Gasteiger partial charge in [0, 0.05) is 30.8 Å². The van der Waals surface area contributed by atoms with Gasteiger partial charge in [-0.25, -0.2) is 0 Å². The van der Waals surface area contributed by atoms with E-state index in [0.717, 1.165) is 5.56 Å². The van der Waals surface area contributed by atoms with Gasteiger partial charge >= 0.3 is 0 Å². The van der Waals surface area contributed by atoms with Crippen molar-refractivity contribution in [1.82, 2.24) is 4.90 Å². The van der Waals surface area contributed by atoms with Crippen LogP contribution in [0.1, 0.15) is 12.0 Å². The molecule has 0 aromatic heterocycles. The molecule has 2 aromatic rings. The second-order valence-electron chi connectivity index (χ2n) is 6.23. The van der Waals surface area contributed by atoms with E-state index in [9.17, 15) is 19.7 Å². The minimum Gasteiger partial charge on any atom is -0.326 e. The highest BCUT2D eigenvalue weighted by Crippen LogP contribution is 2.31. The smallest absolute Gasteiger partial charge is 0.269 e. The van der Waals surface area contributed by atoms with Gasteiger partial charge in [-0.1, -0.05) is 66.5 Å². The predicted molar refractivity (Wildman–Crippen MR) is 122 cm³/mol. The maximum Gasteiger partial charge on any atom is 0.269 e. The quantitative estimate of drug-likeness (QED) is 0.298. The first-order chi connectivity index (χ1) is 14.4. The second-order valence-corrected chi connectivity index (χ2v) is 7.90. The van der Waals surface area contributed by atoms with Crippen LogP contribution in [0, 0.1) is 10.1 Å². The Morgan fingerprint density at radius 2 is 1.87 bits per heavy atom. The number of nitro groups is 1. The van der Waals surface area contributed by atoms with E-state index in [1.165, 1.54) is 40.9 Å². The molecule has 0 saturated carbocycles. The predicted octanol–water partition coefficient (Wildman–Crippen LogP) is 4.38. The minimum absolute atomic E-state index is 0.0521. The van der Waals surface area contributed by atoms with Gasteiger partial charge in [-0.2, -0.15) is 0 Å². The molecule has 0 aliphatic carbocycles. The number of non-ortho nitro benzene ring substituents is 1. The number of carbonyl (C=O) groups is 2. The normalized spacial score (nSPS) is 15.2. The first kappa shape index (κ1) is 21.4. The summed E-state index contributed by atoms with van der Waals surface area (Å²) in [7, 11) is 0. The fraction of sp³-hybridized carbons (Fsp3) is 0.0952. The number of carbonyl (C=O) groups excluding carboxylic acids is 2. The van der Waals surface area contributed by atoms with Gasteiger partial charge in [-0.05, 0) is 23.8 Å². The van der Waals surface area contributed by atoms with Crippen LogP contribution in [0.5, 0.6) is 0 Å². The van der Waals surface area contributed by atoms with Gasteiger partial charge in [-0.15, -0.1) is 0 Å². The van der Waals surface area contributed by atoms with E-state index in [2.05, 4.69) is 5.32 Å². The largest absolute Gasteiger partial charge is 0.326 e. The van der Waals surface area contributed by atoms with Crippen molar-refractivity contribution in [3.8, 4) is 0 Å². The standard InChI is InChI=1S/C21H17N3O4S2/c25-19(22-16-9-11-17(12-10-16)24(27)28)13-14-23-20(26)18(30-21(23)29)8-4-7-15-5-2-1-3-6-15/h1-12H,13-14H2,(H,22,25). The minimum atomic E-state index is -0.511. The van der Waals surface area contributed by atoms with Gasteiger partial charge in [0.25, 0.3) is 11.6 Å². The Labute approximate surface area is 182 Å². The van der Waals surface area contributed by atoms with Crippen molar-refractivity contribution in [3.05, 3.63) is 87.3 Å². The molecule has 152 valence electrons. The summed E-state index contributed by atoms with van der Waals surface area (Å²) >= 11 is 6.47. The van der Waals surface area contributed by atoms with E-state index < -0.39 is 4.92 Å². The molecule has 2 amide bonds. The van der Waals surface area contributed by atoms with E-state index in [1.54, 1.807) is 12.2 Å². The number of nitro benzene ring substituents is 1. The number of benzene rings is 2. The summed E-state index contributed by atoms with van der Waals surface area (Å²) in [4.78, 5) is 36.8. The van der Waals surface area contributed by atoms with Crippen LogP contribution in [0.4, 0.5) is 11.4 Å². The molecule has 0 bridgehead atoms. The fourth-order valence-corrected chi connectivity index (χ4v) is 3.88. The Balaban J connectivity index is 1.53. The molecule has 7 nitrogen and oxygen atoms in total. The molecule has 1 heterocycles. The van der Waals surface area contributed by atoms with E-state index in [0.29, 0.717) is 14.9 Å². The van der Waals surface area contributed by atoms with Crippen molar-refractivity contribution in [2.75, 3.05) is 11.9 Å². The molecule has 1 saturated heterocycles. The maximum absolute atomic E-state index is 12.6. The number of allylic oxidation sites excluding steroid dienone is 2. The number of thiocarbonyl (C=S) groups is 1. The summed E-state index contributed by atoms with van der Waals surface area (Å²) in [6.45, 7) is 0.156. The van der Waals surface area contributed by atoms with Crippen LogP contribution in [0.15, 0.2) is 71.7 Å². The summed E-state index contributed by atoms with van der Waals surface area (Å²) in [6.07, 6.45) is 5.45. The third-order valence-corrected chi connectivity index (χ3v) is 5.53. The van der Waals surface area contributed by atoms with E-state index in [4.69, 9.17) is 12.2 Å². The molecule has 1 N–H and O–H groups in total.